The van der Waals surface area contributed by atoms with Crippen molar-refractivity contribution in [3.63, 3.8) is 0 Å². The van der Waals surface area contributed by atoms with Crippen molar-refractivity contribution in [1.29, 1.82) is 0 Å². The number of ether oxygens (including phenoxy) is 2. The lowest BCUT2D eigenvalue weighted by atomic mass is 10.1. The zero-order chi connectivity index (χ0) is 21.7. The van der Waals surface area contributed by atoms with E-state index < -0.39 is 30.3 Å². The number of imide groups is 1. The van der Waals surface area contributed by atoms with Crippen LogP contribution >= 0.6 is 0 Å². The number of esters is 1. The van der Waals surface area contributed by atoms with Gasteiger partial charge in [-0.05, 0) is 49.4 Å². The van der Waals surface area contributed by atoms with Crippen molar-refractivity contribution in [3.05, 3.63) is 59.2 Å². The maximum absolute atomic E-state index is 12.8. The van der Waals surface area contributed by atoms with E-state index in [2.05, 4.69) is 11.2 Å². The minimum Gasteiger partial charge on any atom is -0.494 e. The lowest BCUT2D eigenvalue weighted by molar-refractivity contribution is -0.123. The molecule has 30 heavy (non-hydrogen) atoms. The van der Waals surface area contributed by atoms with Gasteiger partial charge in [-0.1, -0.05) is 5.92 Å². The molecule has 3 rings (SSSR count). The van der Waals surface area contributed by atoms with E-state index in [1.165, 1.54) is 18.2 Å². The van der Waals surface area contributed by atoms with Gasteiger partial charge in [0.2, 0.25) is 0 Å². The van der Waals surface area contributed by atoms with Gasteiger partial charge in [-0.3, -0.25) is 14.4 Å². The average molecular weight is 406 g/mol. The zero-order valence-corrected chi connectivity index (χ0v) is 16.1. The van der Waals surface area contributed by atoms with Gasteiger partial charge in [0.05, 0.1) is 35.5 Å². The summed E-state index contributed by atoms with van der Waals surface area (Å²) < 4.78 is 10.3. The molecule has 152 valence electrons. The molecule has 1 aliphatic heterocycles. The number of carbonyl (C=O) groups is 4. The molecular formula is C22H18N2O6. The summed E-state index contributed by atoms with van der Waals surface area (Å²) in [4.78, 5) is 50.2. The fraction of sp³-hybridized carbons (Fsp3) is 0.182. The third kappa shape index (κ3) is 4.15. The fourth-order valence-electron chi connectivity index (χ4n) is 2.88. The van der Waals surface area contributed by atoms with Gasteiger partial charge in [0.1, 0.15) is 5.75 Å². The number of hydrogen-bond acceptors (Lipinski definition) is 6. The molecule has 0 bridgehead atoms. The lowest BCUT2D eigenvalue weighted by Gasteiger charge is -2.14. The Hall–Kier alpha value is -4.12. The van der Waals surface area contributed by atoms with Crippen LogP contribution in [0.15, 0.2) is 42.5 Å². The van der Waals surface area contributed by atoms with Crippen LogP contribution in [-0.2, 0) is 9.53 Å². The number of fused-ring (bicyclic) bond motifs is 1. The molecule has 2 aromatic carbocycles. The molecule has 2 aromatic rings. The minimum absolute atomic E-state index is 0.0211. The fourth-order valence-corrected chi connectivity index (χ4v) is 2.88. The van der Waals surface area contributed by atoms with Crippen molar-refractivity contribution in [1.82, 2.24) is 5.32 Å². The molecule has 1 N–H and O–H groups in total. The highest BCUT2D eigenvalue weighted by Crippen LogP contribution is 2.30. The molecule has 0 atom stereocenters. The Morgan fingerprint density at radius 3 is 2.43 bits per heavy atom. The average Bonchev–Trinajstić information content (AvgIpc) is 3.01. The zero-order valence-electron chi connectivity index (χ0n) is 16.1. The quantitative estimate of drug-likeness (QED) is 0.427. The first-order chi connectivity index (χ1) is 14.5. The van der Waals surface area contributed by atoms with Gasteiger partial charge in [-0.15, -0.1) is 6.42 Å². The Balaban J connectivity index is 1.76. The number of nitrogens with one attached hydrogen (secondary N) is 1. The van der Waals surface area contributed by atoms with Crippen LogP contribution in [0.3, 0.4) is 0 Å². The molecule has 0 saturated carbocycles. The minimum atomic E-state index is -0.798. The second-order valence-electron chi connectivity index (χ2n) is 6.19. The van der Waals surface area contributed by atoms with Crippen LogP contribution in [-0.4, -0.2) is 43.4 Å². The normalized spacial score (nSPS) is 12.2. The second-order valence-corrected chi connectivity index (χ2v) is 6.19. The Labute approximate surface area is 172 Å². The van der Waals surface area contributed by atoms with Gasteiger partial charge in [0.15, 0.2) is 6.61 Å². The van der Waals surface area contributed by atoms with Gasteiger partial charge in [-0.25, -0.2) is 9.69 Å². The van der Waals surface area contributed by atoms with Crippen molar-refractivity contribution in [2.75, 3.05) is 24.7 Å². The predicted molar refractivity (Wildman–Crippen MR) is 107 cm³/mol. The molecule has 0 unspecified atom stereocenters. The largest absolute Gasteiger partial charge is 0.494 e. The number of benzene rings is 2. The Bertz CT molecular complexity index is 1050. The monoisotopic (exact) mass is 406 g/mol. The highest BCUT2D eigenvalue weighted by Gasteiger charge is 2.37. The van der Waals surface area contributed by atoms with Gasteiger partial charge in [0.25, 0.3) is 17.7 Å². The summed E-state index contributed by atoms with van der Waals surface area (Å²) in [5.74, 6) is 0.457. The van der Waals surface area contributed by atoms with Crippen LogP contribution in [0.25, 0.3) is 0 Å². The predicted octanol–water partition coefficient (Wildman–Crippen LogP) is 1.79. The molecule has 0 saturated heterocycles. The summed E-state index contributed by atoms with van der Waals surface area (Å²) in [7, 11) is 0. The van der Waals surface area contributed by atoms with Crippen LogP contribution in [0.1, 0.15) is 38.0 Å². The molecule has 3 amide bonds. The van der Waals surface area contributed by atoms with Crippen molar-refractivity contribution in [2.24, 2.45) is 0 Å². The Morgan fingerprint density at radius 2 is 1.77 bits per heavy atom. The number of terminal acetylenes is 1. The van der Waals surface area contributed by atoms with E-state index in [-0.39, 0.29) is 23.2 Å². The molecular weight excluding hydrogens is 388 g/mol. The highest BCUT2D eigenvalue weighted by molar-refractivity contribution is 6.34. The molecule has 8 heteroatoms. The van der Waals surface area contributed by atoms with Gasteiger partial charge < -0.3 is 14.8 Å². The molecule has 8 nitrogen and oxygen atoms in total. The summed E-state index contributed by atoms with van der Waals surface area (Å²) in [5, 5.41) is 2.36. The maximum atomic E-state index is 12.8. The summed E-state index contributed by atoms with van der Waals surface area (Å²) >= 11 is 0. The molecule has 0 spiro atoms. The number of nitrogens with zero attached hydrogens (tertiary/aromatic N) is 1. The summed E-state index contributed by atoms with van der Waals surface area (Å²) in [6, 6.07) is 10.6. The molecule has 1 aliphatic rings. The lowest BCUT2D eigenvalue weighted by Crippen LogP contribution is -2.29. The SMILES string of the molecule is C#CCNC(=O)COC(=O)c1ccc2c(c1)C(=O)N(c1ccc(OCC)cc1)C2=O. The van der Waals surface area contributed by atoms with Crippen LogP contribution in [0.5, 0.6) is 5.75 Å². The standard InChI is InChI=1S/C22H18N2O6/c1-3-11-23-19(25)13-30-22(28)14-5-10-17-18(12-14)21(27)24(20(17)26)15-6-8-16(9-7-15)29-4-2/h1,5-10,12H,4,11,13H2,2H3,(H,23,25). The summed E-state index contributed by atoms with van der Waals surface area (Å²) in [6.07, 6.45) is 5.03. The van der Waals surface area contributed by atoms with E-state index in [0.29, 0.717) is 18.0 Å². The van der Waals surface area contributed by atoms with Gasteiger partial charge in [0, 0.05) is 0 Å². The van der Waals surface area contributed by atoms with E-state index >= 15 is 0 Å². The Kier molecular flexibility index (Phi) is 6.13. The first kappa shape index (κ1) is 20.6. The highest BCUT2D eigenvalue weighted by atomic mass is 16.5. The van der Waals surface area contributed by atoms with Crippen LogP contribution in [0, 0.1) is 12.3 Å². The second kappa shape index (κ2) is 8.92. The first-order valence-corrected chi connectivity index (χ1v) is 9.09. The number of carbonyl (C=O) groups excluding carboxylic acids is 4. The number of hydrogen-bond donors (Lipinski definition) is 1. The summed E-state index contributed by atoms with van der Waals surface area (Å²) in [5.41, 5.74) is 0.699. The smallest absolute Gasteiger partial charge is 0.338 e. The topological polar surface area (TPSA) is 102 Å². The Morgan fingerprint density at radius 1 is 1.07 bits per heavy atom. The maximum Gasteiger partial charge on any atom is 0.338 e. The molecule has 0 radical (unpaired) electrons. The number of amides is 3. The molecule has 1 heterocycles. The van der Waals surface area contributed by atoms with E-state index in [0.717, 1.165) is 4.90 Å². The third-order valence-corrected chi connectivity index (χ3v) is 4.25. The van der Waals surface area contributed by atoms with Crippen molar-refractivity contribution < 1.29 is 28.7 Å². The third-order valence-electron chi connectivity index (χ3n) is 4.25. The van der Waals surface area contributed by atoms with Crippen molar-refractivity contribution in [3.8, 4) is 18.1 Å². The van der Waals surface area contributed by atoms with E-state index in [1.54, 1.807) is 24.3 Å². The first-order valence-electron chi connectivity index (χ1n) is 9.09. The van der Waals surface area contributed by atoms with E-state index in [9.17, 15) is 19.2 Å². The van der Waals surface area contributed by atoms with Crippen molar-refractivity contribution in [2.45, 2.75) is 6.92 Å². The van der Waals surface area contributed by atoms with Gasteiger partial charge >= 0.3 is 5.97 Å². The van der Waals surface area contributed by atoms with Crippen LogP contribution in [0.2, 0.25) is 0 Å². The van der Waals surface area contributed by atoms with Crippen molar-refractivity contribution >= 4 is 29.4 Å². The number of rotatable bonds is 7. The number of anilines is 1. The molecule has 0 aliphatic carbocycles. The van der Waals surface area contributed by atoms with Crippen LogP contribution in [0.4, 0.5) is 5.69 Å². The van der Waals surface area contributed by atoms with E-state index in [1.807, 2.05) is 6.92 Å². The van der Waals surface area contributed by atoms with Crippen LogP contribution < -0.4 is 15.0 Å². The molecule has 0 aromatic heterocycles. The summed E-state index contributed by atoms with van der Waals surface area (Å²) in [6.45, 7) is 1.86. The van der Waals surface area contributed by atoms with Gasteiger partial charge in [-0.2, -0.15) is 0 Å². The molecule has 0 fully saturated rings. The van der Waals surface area contributed by atoms with E-state index in [4.69, 9.17) is 15.9 Å².